The van der Waals surface area contributed by atoms with Gasteiger partial charge in [-0.3, -0.25) is 0 Å². The third-order valence-corrected chi connectivity index (χ3v) is 7.08. The van der Waals surface area contributed by atoms with Crippen molar-refractivity contribution in [1.29, 1.82) is 0 Å². The topological polar surface area (TPSA) is 58.0 Å². The second kappa shape index (κ2) is 5.52. The van der Waals surface area contributed by atoms with Gasteiger partial charge in [0.15, 0.2) is 8.32 Å². The lowest BCUT2D eigenvalue weighted by Gasteiger charge is -2.35. The van der Waals surface area contributed by atoms with Crippen molar-refractivity contribution in [2.75, 3.05) is 0 Å². The highest BCUT2D eigenvalue weighted by molar-refractivity contribution is 6.72. The minimum atomic E-state index is -1.66. The smallest absolute Gasteiger partial charge is 0.189 e. The van der Waals surface area contributed by atoms with Gasteiger partial charge in [-0.25, -0.2) is 0 Å². The third kappa shape index (κ3) is 3.37. The Morgan fingerprint density at radius 2 is 2.00 bits per heavy atom. The van der Waals surface area contributed by atoms with Gasteiger partial charge in [0.25, 0.3) is 0 Å². The molecule has 0 saturated heterocycles. The summed E-state index contributed by atoms with van der Waals surface area (Å²) in [5.41, 5.74) is 9.11. The van der Waals surface area contributed by atoms with Crippen LogP contribution in [0.15, 0.2) is 17.3 Å². The van der Waals surface area contributed by atoms with E-state index >= 15 is 0 Å². The van der Waals surface area contributed by atoms with E-state index in [0.29, 0.717) is 5.54 Å². The first-order valence-electron chi connectivity index (χ1n) is 5.84. The van der Waals surface area contributed by atoms with Crippen LogP contribution in [0.5, 0.6) is 0 Å². The molecule has 1 aliphatic rings. The van der Waals surface area contributed by atoms with Crippen LogP contribution in [-0.2, 0) is 4.43 Å². The lowest BCUT2D eigenvalue weighted by atomic mass is 10.00. The van der Waals surface area contributed by atoms with Gasteiger partial charge >= 0.3 is 0 Å². The molecule has 2 atom stereocenters. The van der Waals surface area contributed by atoms with E-state index in [4.69, 9.17) is 9.96 Å². The minimum Gasteiger partial charge on any atom is -0.413 e. The van der Waals surface area contributed by atoms with Crippen LogP contribution in [0, 0.1) is 0 Å². The van der Waals surface area contributed by atoms with E-state index in [1.165, 1.54) is 0 Å². The third-order valence-electron chi connectivity index (χ3n) is 3.39. The summed E-state index contributed by atoms with van der Waals surface area (Å²) < 4.78 is 6.23. The summed E-state index contributed by atoms with van der Waals surface area (Å²) >= 11 is 0. The second-order valence-corrected chi connectivity index (χ2v) is 9.73. The summed E-state index contributed by atoms with van der Waals surface area (Å²) in [6.07, 6.45) is 5.94. The maximum Gasteiger partial charge on any atom is 0.189 e. The molecule has 90 valence electrons. The second-order valence-electron chi connectivity index (χ2n) is 5.13. The predicted octanol–water partition coefficient (Wildman–Crippen LogP) is 4.02. The van der Waals surface area contributed by atoms with Crippen molar-refractivity contribution in [3.8, 4) is 0 Å². The van der Waals surface area contributed by atoms with Crippen LogP contribution >= 0.6 is 0 Å². The number of nitrogens with zero attached hydrogens (tertiary/aromatic N) is 3. The molecule has 0 aromatic heterocycles. The molecular weight excluding hydrogens is 218 g/mol. The highest BCUT2D eigenvalue weighted by atomic mass is 28.4. The zero-order chi connectivity index (χ0) is 12.2. The molecule has 16 heavy (non-hydrogen) atoms. The first-order chi connectivity index (χ1) is 7.47. The van der Waals surface area contributed by atoms with Gasteiger partial charge < -0.3 is 4.43 Å². The quantitative estimate of drug-likeness (QED) is 0.240. The fraction of sp³-hybridized carbons (Fsp3) is 0.818. The van der Waals surface area contributed by atoms with E-state index in [9.17, 15) is 0 Å². The Bertz CT molecular complexity index is 308. The van der Waals surface area contributed by atoms with Gasteiger partial charge in [0.05, 0.1) is 12.1 Å². The van der Waals surface area contributed by atoms with Gasteiger partial charge in [-0.2, -0.15) is 0 Å². The van der Waals surface area contributed by atoms with Crippen LogP contribution in [0.2, 0.25) is 18.6 Å². The maximum absolute atomic E-state index is 8.53. The molecule has 0 saturated carbocycles. The number of azide groups is 1. The zero-order valence-corrected chi connectivity index (χ0v) is 11.6. The van der Waals surface area contributed by atoms with E-state index in [1.54, 1.807) is 0 Å². The Labute approximate surface area is 98.4 Å². The highest BCUT2D eigenvalue weighted by Gasteiger charge is 2.33. The van der Waals surface area contributed by atoms with Crippen molar-refractivity contribution in [2.24, 2.45) is 5.11 Å². The van der Waals surface area contributed by atoms with Crippen molar-refractivity contribution < 1.29 is 4.43 Å². The Balaban J connectivity index is 2.71. The van der Waals surface area contributed by atoms with E-state index < -0.39 is 8.32 Å². The number of hydrogen-bond donors (Lipinski definition) is 0. The summed E-state index contributed by atoms with van der Waals surface area (Å²) in [5.74, 6) is 0. The Kier molecular flexibility index (Phi) is 4.59. The monoisotopic (exact) mass is 239 g/mol. The van der Waals surface area contributed by atoms with Gasteiger partial charge in [-0.15, -0.1) is 0 Å². The Hall–Kier alpha value is -0.773. The van der Waals surface area contributed by atoms with Crippen molar-refractivity contribution in [1.82, 2.24) is 0 Å². The van der Waals surface area contributed by atoms with E-state index in [1.807, 2.05) is 0 Å². The largest absolute Gasteiger partial charge is 0.413 e. The Morgan fingerprint density at radius 1 is 1.38 bits per heavy atom. The average Bonchev–Trinajstić information content (AvgIpc) is 2.20. The van der Waals surface area contributed by atoms with Crippen LogP contribution < -0.4 is 0 Å². The normalized spacial score (nSPS) is 25.6. The Morgan fingerprint density at radius 3 is 2.56 bits per heavy atom. The molecule has 0 bridgehead atoms. The molecule has 4 nitrogen and oxygen atoms in total. The lowest BCUT2D eigenvalue weighted by molar-refractivity contribution is 0.156. The molecule has 5 heteroatoms. The molecule has 0 radical (unpaired) electrons. The van der Waals surface area contributed by atoms with Gasteiger partial charge in [0.1, 0.15) is 0 Å². The van der Waals surface area contributed by atoms with Crippen molar-refractivity contribution in [3.05, 3.63) is 22.6 Å². The molecule has 0 aromatic carbocycles. The number of rotatable bonds is 4. The fourth-order valence-electron chi connectivity index (χ4n) is 1.62. The van der Waals surface area contributed by atoms with Gasteiger partial charge in [0.2, 0.25) is 0 Å². The van der Waals surface area contributed by atoms with Crippen LogP contribution in [0.4, 0.5) is 0 Å². The summed E-state index contributed by atoms with van der Waals surface area (Å²) in [7, 11) is -1.66. The summed E-state index contributed by atoms with van der Waals surface area (Å²) in [4.78, 5) is 2.91. The van der Waals surface area contributed by atoms with Crippen LogP contribution in [0.3, 0.4) is 0 Å². The van der Waals surface area contributed by atoms with Crippen LogP contribution in [-0.4, -0.2) is 20.5 Å². The van der Waals surface area contributed by atoms with Crippen LogP contribution in [0.25, 0.3) is 10.4 Å². The van der Waals surface area contributed by atoms with Gasteiger partial charge in [-0.1, -0.05) is 31.1 Å². The molecule has 0 aliphatic heterocycles. The first-order valence-corrected chi connectivity index (χ1v) is 8.83. The molecular formula is C11H21N3OSi. The SMILES string of the molecule is CC(C)[Si](C)(C)O[C@H]1CC=CC[C@@H]1N=[N+]=[N-]. The molecule has 0 spiro atoms. The maximum atomic E-state index is 8.53. The van der Waals surface area contributed by atoms with E-state index in [-0.39, 0.29) is 12.1 Å². The molecule has 0 amide bonds. The average molecular weight is 239 g/mol. The van der Waals surface area contributed by atoms with E-state index in [2.05, 4.69) is 49.1 Å². The summed E-state index contributed by atoms with van der Waals surface area (Å²) in [6.45, 7) is 8.85. The van der Waals surface area contributed by atoms with Gasteiger partial charge in [0, 0.05) is 4.91 Å². The molecule has 0 N–H and O–H groups in total. The molecule has 0 unspecified atom stereocenters. The molecule has 0 heterocycles. The fourth-order valence-corrected chi connectivity index (χ4v) is 2.92. The zero-order valence-electron chi connectivity index (χ0n) is 10.6. The molecule has 1 rings (SSSR count). The first kappa shape index (κ1) is 13.3. The van der Waals surface area contributed by atoms with E-state index in [0.717, 1.165) is 12.8 Å². The predicted molar refractivity (Wildman–Crippen MR) is 68.8 cm³/mol. The summed E-state index contributed by atoms with van der Waals surface area (Å²) in [6, 6.07) is -0.0273. The lowest BCUT2D eigenvalue weighted by Crippen LogP contribution is -2.43. The highest BCUT2D eigenvalue weighted by Crippen LogP contribution is 2.28. The number of hydrogen-bond acceptors (Lipinski definition) is 2. The summed E-state index contributed by atoms with van der Waals surface area (Å²) in [5, 5.41) is 3.84. The van der Waals surface area contributed by atoms with Crippen LogP contribution in [0.1, 0.15) is 26.7 Å². The van der Waals surface area contributed by atoms with Crippen molar-refractivity contribution in [2.45, 2.75) is 57.5 Å². The molecule has 1 aliphatic carbocycles. The standard InChI is InChI=1S/C11H21N3OSi/c1-9(2)16(3,4)15-11-8-6-5-7-10(11)13-14-12/h5-6,9-11H,7-8H2,1-4H3/t10-,11-/m0/s1. The van der Waals surface area contributed by atoms with Gasteiger partial charge in [-0.05, 0) is 37.0 Å². The molecule has 0 fully saturated rings. The van der Waals surface area contributed by atoms with Crippen molar-refractivity contribution >= 4 is 8.32 Å². The minimum absolute atomic E-state index is 0.0273. The molecule has 0 aromatic rings. The van der Waals surface area contributed by atoms with Crippen molar-refractivity contribution in [3.63, 3.8) is 0 Å².